The van der Waals surface area contributed by atoms with Crippen LogP contribution in [0.4, 0.5) is 13.2 Å². The fourth-order valence-electron chi connectivity index (χ4n) is 3.75. The molecule has 5 rings (SSSR count). The Morgan fingerprint density at radius 2 is 1.82 bits per heavy atom. The molecule has 0 saturated heterocycles. The summed E-state index contributed by atoms with van der Waals surface area (Å²) in [5.41, 5.74) is -0.500. The number of aryl methyl sites for hydroxylation is 1. The van der Waals surface area contributed by atoms with Crippen LogP contribution in [0.25, 0.3) is 27.7 Å². The monoisotopic (exact) mass is 464 g/mol. The van der Waals surface area contributed by atoms with Gasteiger partial charge in [-0.1, -0.05) is 36.4 Å². The van der Waals surface area contributed by atoms with Gasteiger partial charge in [-0.2, -0.15) is 23.4 Å². The van der Waals surface area contributed by atoms with Crippen LogP contribution in [0.5, 0.6) is 0 Å². The number of amides is 1. The Balaban J connectivity index is 1.44. The molecule has 1 N–H and O–H groups in total. The van der Waals surface area contributed by atoms with Gasteiger partial charge in [0.25, 0.3) is 5.91 Å². The number of benzene rings is 2. The number of nitrogens with one attached hydrogen (secondary N) is 1. The number of hydrogen-bond donors (Lipinski definition) is 1. The molecule has 3 heterocycles. The summed E-state index contributed by atoms with van der Waals surface area (Å²) in [6.07, 6.45) is -0.608. The Kier molecular flexibility index (Phi) is 5.48. The molecule has 0 unspecified atom stereocenters. The predicted molar refractivity (Wildman–Crippen MR) is 120 cm³/mol. The molecule has 0 bridgehead atoms. The molecule has 0 fully saturated rings. The highest BCUT2D eigenvalue weighted by Crippen LogP contribution is 2.33. The van der Waals surface area contributed by atoms with Gasteiger partial charge < -0.3 is 5.32 Å². The molecule has 172 valence electrons. The quantitative estimate of drug-likeness (QED) is 0.373. The smallest absolute Gasteiger partial charge is 0.351 e. The van der Waals surface area contributed by atoms with Crippen LogP contribution in [0, 0.1) is 0 Å². The summed E-state index contributed by atoms with van der Waals surface area (Å²) in [6, 6.07) is 16.9. The van der Waals surface area contributed by atoms with E-state index >= 15 is 0 Å². The molecule has 34 heavy (non-hydrogen) atoms. The number of fused-ring (bicyclic) bond motifs is 2. The van der Waals surface area contributed by atoms with Crippen LogP contribution in [-0.2, 0) is 12.7 Å². The second kappa shape index (κ2) is 8.62. The Hall–Kier alpha value is -4.21. The summed E-state index contributed by atoms with van der Waals surface area (Å²) in [4.78, 5) is 16.9. The van der Waals surface area contributed by atoms with E-state index in [0.717, 1.165) is 16.8 Å². The van der Waals surface area contributed by atoms with Gasteiger partial charge in [0, 0.05) is 37.1 Å². The first kappa shape index (κ1) is 21.6. The van der Waals surface area contributed by atoms with Crippen molar-refractivity contribution in [2.75, 3.05) is 6.54 Å². The van der Waals surface area contributed by atoms with Crippen molar-refractivity contribution in [3.8, 4) is 11.3 Å². The zero-order valence-corrected chi connectivity index (χ0v) is 17.8. The number of carbonyl (C=O) groups excluding carboxylic acids is 1. The molecule has 10 heteroatoms. The Morgan fingerprint density at radius 1 is 1.00 bits per heavy atom. The molecular weight excluding hydrogens is 445 g/mol. The van der Waals surface area contributed by atoms with E-state index in [-0.39, 0.29) is 17.0 Å². The molecule has 0 spiro atoms. The third kappa shape index (κ3) is 4.34. The highest BCUT2D eigenvalue weighted by molar-refractivity contribution is 5.93. The maximum absolute atomic E-state index is 13.9. The van der Waals surface area contributed by atoms with Crippen molar-refractivity contribution in [2.45, 2.75) is 19.1 Å². The van der Waals surface area contributed by atoms with Crippen LogP contribution in [0.2, 0.25) is 0 Å². The van der Waals surface area contributed by atoms with E-state index in [9.17, 15) is 18.0 Å². The normalized spacial score (nSPS) is 11.9. The maximum atomic E-state index is 13.9. The molecule has 7 nitrogen and oxygen atoms in total. The van der Waals surface area contributed by atoms with Gasteiger partial charge in [-0.15, -0.1) is 0 Å². The minimum atomic E-state index is -4.68. The Labute approximate surface area is 191 Å². The Morgan fingerprint density at radius 3 is 2.59 bits per heavy atom. The zero-order chi connectivity index (χ0) is 23.7. The van der Waals surface area contributed by atoms with Gasteiger partial charge in [-0.05, 0) is 35.4 Å². The van der Waals surface area contributed by atoms with E-state index in [1.54, 1.807) is 35.3 Å². The zero-order valence-electron chi connectivity index (χ0n) is 17.8. The minimum absolute atomic E-state index is 0.0559. The van der Waals surface area contributed by atoms with Crippen LogP contribution in [0.15, 0.2) is 73.1 Å². The van der Waals surface area contributed by atoms with Crippen LogP contribution in [0.1, 0.15) is 22.6 Å². The van der Waals surface area contributed by atoms with Crippen molar-refractivity contribution in [1.29, 1.82) is 0 Å². The number of alkyl halides is 3. The molecule has 1 amide bonds. The number of halogens is 3. The van der Waals surface area contributed by atoms with Crippen molar-refractivity contribution < 1.29 is 18.0 Å². The fraction of sp³-hybridized carbons (Fsp3) is 0.167. The largest absolute Gasteiger partial charge is 0.433 e. The lowest BCUT2D eigenvalue weighted by Crippen LogP contribution is -2.26. The van der Waals surface area contributed by atoms with E-state index in [1.165, 1.54) is 6.07 Å². The van der Waals surface area contributed by atoms with Crippen molar-refractivity contribution in [1.82, 2.24) is 29.7 Å². The third-order valence-corrected chi connectivity index (χ3v) is 5.40. The number of rotatable bonds is 6. The molecule has 5 aromatic rings. The lowest BCUT2D eigenvalue weighted by molar-refractivity contribution is -0.142. The highest BCUT2D eigenvalue weighted by Gasteiger charge is 2.35. The van der Waals surface area contributed by atoms with Gasteiger partial charge in [0.1, 0.15) is 0 Å². The molecule has 0 saturated carbocycles. The summed E-state index contributed by atoms with van der Waals surface area (Å²) in [5, 5.41) is 12.5. The third-order valence-electron chi connectivity index (χ3n) is 5.40. The lowest BCUT2D eigenvalue weighted by Gasteiger charge is -2.11. The number of aromatic nitrogens is 5. The number of nitrogens with zero attached hydrogens (tertiary/aromatic N) is 5. The SMILES string of the molecule is O=C(NCCCn1cccn1)c1cc2nc(-c3ccc4ccccc4c3)cc(C(F)(F)F)n2n1. The molecule has 2 aromatic carbocycles. The first-order valence-corrected chi connectivity index (χ1v) is 10.6. The summed E-state index contributed by atoms with van der Waals surface area (Å²) >= 11 is 0. The number of carbonyl (C=O) groups is 1. The first-order chi connectivity index (χ1) is 16.4. The fourth-order valence-corrected chi connectivity index (χ4v) is 3.75. The molecule has 0 aliphatic heterocycles. The molecular formula is C24H19F3N6O. The second-order valence-corrected chi connectivity index (χ2v) is 7.76. The average molecular weight is 464 g/mol. The van der Waals surface area contributed by atoms with Crippen molar-refractivity contribution in [3.63, 3.8) is 0 Å². The van der Waals surface area contributed by atoms with Gasteiger partial charge in [-0.25, -0.2) is 9.50 Å². The van der Waals surface area contributed by atoms with Crippen LogP contribution in [0.3, 0.4) is 0 Å². The summed E-state index contributed by atoms with van der Waals surface area (Å²) in [5.74, 6) is -0.564. The topological polar surface area (TPSA) is 77.1 Å². The summed E-state index contributed by atoms with van der Waals surface area (Å²) < 4.78 is 44.0. The summed E-state index contributed by atoms with van der Waals surface area (Å²) in [7, 11) is 0. The van der Waals surface area contributed by atoms with Gasteiger partial charge in [0.15, 0.2) is 17.0 Å². The predicted octanol–water partition coefficient (Wildman–Crippen LogP) is 4.58. The molecule has 3 aromatic heterocycles. The van der Waals surface area contributed by atoms with E-state index in [2.05, 4.69) is 20.5 Å². The number of hydrogen-bond acceptors (Lipinski definition) is 4. The van der Waals surface area contributed by atoms with Gasteiger partial charge in [0.05, 0.1) is 5.69 Å². The Bertz CT molecular complexity index is 1470. The van der Waals surface area contributed by atoms with Crippen LogP contribution in [-0.4, -0.2) is 36.8 Å². The van der Waals surface area contributed by atoms with Gasteiger partial charge in [-0.3, -0.25) is 9.48 Å². The minimum Gasteiger partial charge on any atom is -0.351 e. The average Bonchev–Trinajstić information content (AvgIpc) is 3.50. The summed E-state index contributed by atoms with van der Waals surface area (Å²) in [6.45, 7) is 0.932. The molecule has 0 radical (unpaired) electrons. The van der Waals surface area contributed by atoms with Crippen molar-refractivity contribution >= 4 is 22.3 Å². The molecule has 0 aliphatic rings. The van der Waals surface area contributed by atoms with E-state index in [1.807, 2.05) is 30.3 Å². The molecule has 0 atom stereocenters. The van der Waals surface area contributed by atoms with Crippen LogP contribution >= 0.6 is 0 Å². The second-order valence-electron chi connectivity index (χ2n) is 7.76. The van der Waals surface area contributed by atoms with Crippen LogP contribution < -0.4 is 5.32 Å². The van der Waals surface area contributed by atoms with Crippen molar-refractivity contribution in [2.24, 2.45) is 0 Å². The highest BCUT2D eigenvalue weighted by atomic mass is 19.4. The van der Waals surface area contributed by atoms with Crippen molar-refractivity contribution in [3.05, 3.63) is 84.4 Å². The van der Waals surface area contributed by atoms with E-state index in [0.29, 0.717) is 29.6 Å². The molecule has 0 aliphatic carbocycles. The van der Waals surface area contributed by atoms with E-state index < -0.39 is 17.8 Å². The van der Waals surface area contributed by atoms with Gasteiger partial charge in [0.2, 0.25) is 0 Å². The van der Waals surface area contributed by atoms with E-state index in [4.69, 9.17) is 0 Å². The lowest BCUT2D eigenvalue weighted by atomic mass is 10.0. The first-order valence-electron chi connectivity index (χ1n) is 10.6. The standard InChI is InChI=1S/C24H19F3N6O/c25-24(26,27)21-14-19(18-8-7-16-5-1-2-6-17(16)13-18)30-22-15-20(31-33(21)22)23(34)28-9-3-11-32-12-4-10-29-32/h1-2,4-8,10,12-15H,3,9,11H2,(H,28,34). The maximum Gasteiger partial charge on any atom is 0.433 e. The van der Waals surface area contributed by atoms with Gasteiger partial charge >= 0.3 is 6.18 Å².